The molecule has 1 saturated carbocycles. The van der Waals surface area contributed by atoms with Crippen molar-refractivity contribution in [2.45, 2.75) is 26.2 Å². The number of benzene rings is 1. The fourth-order valence-electron chi connectivity index (χ4n) is 3.34. The molecule has 1 amide bonds. The first kappa shape index (κ1) is 13.1. The third-order valence-electron chi connectivity index (χ3n) is 4.75. The van der Waals surface area contributed by atoms with Crippen molar-refractivity contribution in [3.8, 4) is 6.07 Å². The molecule has 0 radical (unpaired) electrons. The van der Waals surface area contributed by atoms with E-state index in [1.807, 2.05) is 19.1 Å². The zero-order valence-corrected chi connectivity index (χ0v) is 11.7. The minimum absolute atomic E-state index is 0.0778. The molecular weight excluding hydrogens is 250 g/mol. The van der Waals surface area contributed by atoms with Crippen molar-refractivity contribution in [3.63, 3.8) is 0 Å². The lowest BCUT2D eigenvalue weighted by Gasteiger charge is -2.23. The minimum atomic E-state index is 0.0778. The number of hydrogen-bond donors (Lipinski definition) is 2. The van der Waals surface area contributed by atoms with Crippen molar-refractivity contribution in [1.82, 2.24) is 5.32 Å². The van der Waals surface area contributed by atoms with Gasteiger partial charge in [-0.1, -0.05) is 12.1 Å². The van der Waals surface area contributed by atoms with E-state index < -0.39 is 0 Å². The lowest BCUT2D eigenvalue weighted by molar-refractivity contribution is -0.118. The molecule has 1 aliphatic carbocycles. The SMILES string of the molecule is Cc1cccc(NC(=O)C2CC23CCNCC3)c1C#N. The molecule has 1 aromatic carbocycles. The van der Waals surface area contributed by atoms with Gasteiger partial charge in [0.1, 0.15) is 6.07 Å². The van der Waals surface area contributed by atoms with E-state index in [1.165, 1.54) is 0 Å². The van der Waals surface area contributed by atoms with E-state index in [4.69, 9.17) is 0 Å². The molecular formula is C16H19N3O. The van der Waals surface area contributed by atoms with Crippen LogP contribution >= 0.6 is 0 Å². The highest BCUT2D eigenvalue weighted by Gasteiger charge is 2.57. The molecule has 2 fully saturated rings. The van der Waals surface area contributed by atoms with Crippen LogP contribution < -0.4 is 10.6 Å². The first-order chi connectivity index (χ1) is 9.66. The van der Waals surface area contributed by atoms with Gasteiger partial charge in [0.25, 0.3) is 0 Å². The highest BCUT2D eigenvalue weighted by Crippen LogP contribution is 2.58. The summed E-state index contributed by atoms with van der Waals surface area (Å²) < 4.78 is 0. The van der Waals surface area contributed by atoms with Crippen molar-refractivity contribution in [1.29, 1.82) is 5.26 Å². The Hall–Kier alpha value is -1.86. The second kappa shape index (κ2) is 4.92. The quantitative estimate of drug-likeness (QED) is 0.865. The van der Waals surface area contributed by atoms with Crippen LogP contribution in [0.2, 0.25) is 0 Å². The van der Waals surface area contributed by atoms with Crippen LogP contribution in [0.1, 0.15) is 30.4 Å². The van der Waals surface area contributed by atoms with E-state index in [9.17, 15) is 10.1 Å². The van der Waals surface area contributed by atoms with Gasteiger partial charge in [0.2, 0.25) is 5.91 Å². The van der Waals surface area contributed by atoms with E-state index in [1.54, 1.807) is 6.07 Å². The lowest BCUT2D eigenvalue weighted by Crippen LogP contribution is -2.31. The third kappa shape index (κ3) is 2.19. The van der Waals surface area contributed by atoms with Gasteiger partial charge in [-0.25, -0.2) is 0 Å². The van der Waals surface area contributed by atoms with Crippen LogP contribution in [0.25, 0.3) is 0 Å². The number of nitrogens with zero attached hydrogens (tertiary/aromatic N) is 1. The first-order valence-corrected chi connectivity index (χ1v) is 7.18. The van der Waals surface area contributed by atoms with E-state index in [0.29, 0.717) is 11.3 Å². The average molecular weight is 269 g/mol. The van der Waals surface area contributed by atoms with E-state index >= 15 is 0 Å². The molecule has 2 aliphatic rings. The summed E-state index contributed by atoms with van der Waals surface area (Å²) in [6.45, 7) is 3.91. The molecule has 1 aromatic rings. The molecule has 1 atom stereocenters. The van der Waals surface area contributed by atoms with Gasteiger partial charge >= 0.3 is 0 Å². The molecule has 0 bridgehead atoms. The maximum absolute atomic E-state index is 12.4. The van der Waals surface area contributed by atoms with Gasteiger partial charge in [-0.2, -0.15) is 5.26 Å². The van der Waals surface area contributed by atoms with Crippen molar-refractivity contribution >= 4 is 11.6 Å². The number of nitrogens with one attached hydrogen (secondary N) is 2. The van der Waals surface area contributed by atoms with E-state index in [0.717, 1.165) is 37.9 Å². The molecule has 3 rings (SSSR count). The van der Waals surface area contributed by atoms with E-state index in [2.05, 4.69) is 16.7 Å². The largest absolute Gasteiger partial charge is 0.325 e. The van der Waals surface area contributed by atoms with Crippen molar-refractivity contribution < 1.29 is 4.79 Å². The Balaban J connectivity index is 1.72. The van der Waals surface area contributed by atoms with Gasteiger partial charge in [0.15, 0.2) is 0 Å². The highest BCUT2D eigenvalue weighted by molar-refractivity contribution is 5.96. The number of aryl methyl sites for hydroxylation is 1. The van der Waals surface area contributed by atoms with Crippen LogP contribution in [0.3, 0.4) is 0 Å². The Morgan fingerprint density at radius 1 is 1.45 bits per heavy atom. The van der Waals surface area contributed by atoms with Gasteiger partial charge in [0.05, 0.1) is 11.3 Å². The van der Waals surface area contributed by atoms with Gasteiger partial charge in [0, 0.05) is 5.92 Å². The van der Waals surface area contributed by atoms with Crippen molar-refractivity contribution in [2.24, 2.45) is 11.3 Å². The number of amides is 1. The van der Waals surface area contributed by atoms with Crippen molar-refractivity contribution in [2.75, 3.05) is 18.4 Å². The van der Waals surface area contributed by atoms with Crippen LogP contribution in [-0.2, 0) is 4.79 Å². The summed E-state index contributed by atoms with van der Waals surface area (Å²) in [5.41, 5.74) is 2.35. The third-order valence-corrected chi connectivity index (χ3v) is 4.75. The minimum Gasteiger partial charge on any atom is -0.325 e. The Kier molecular flexibility index (Phi) is 3.23. The van der Waals surface area contributed by atoms with Crippen LogP contribution in [-0.4, -0.2) is 19.0 Å². The second-order valence-corrected chi connectivity index (χ2v) is 5.97. The van der Waals surface area contributed by atoms with Gasteiger partial charge in [-0.3, -0.25) is 4.79 Å². The maximum atomic E-state index is 12.4. The number of rotatable bonds is 2. The van der Waals surface area contributed by atoms with Gasteiger partial charge < -0.3 is 10.6 Å². The highest BCUT2D eigenvalue weighted by atomic mass is 16.2. The normalized spacial score (nSPS) is 23.1. The molecule has 1 spiro atoms. The summed E-state index contributed by atoms with van der Waals surface area (Å²) in [5.74, 6) is 0.200. The summed E-state index contributed by atoms with van der Waals surface area (Å²) in [5, 5.41) is 15.5. The van der Waals surface area contributed by atoms with Crippen LogP contribution in [0, 0.1) is 29.6 Å². The maximum Gasteiger partial charge on any atom is 0.228 e. The summed E-state index contributed by atoms with van der Waals surface area (Å²) in [6, 6.07) is 7.74. The summed E-state index contributed by atoms with van der Waals surface area (Å²) in [4.78, 5) is 12.4. The fourth-order valence-corrected chi connectivity index (χ4v) is 3.34. The summed E-state index contributed by atoms with van der Waals surface area (Å²) in [7, 11) is 0. The monoisotopic (exact) mass is 269 g/mol. The molecule has 20 heavy (non-hydrogen) atoms. The first-order valence-electron chi connectivity index (χ1n) is 7.18. The number of piperidine rings is 1. The van der Waals surface area contributed by atoms with Gasteiger partial charge in [-0.05, 0) is 56.3 Å². The predicted molar refractivity (Wildman–Crippen MR) is 77.2 cm³/mol. The van der Waals surface area contributed by atoms with E-state index in [-0.39, 0.29) is 17.2 Å². The smallest absolute Gasteiger partial charge is 0.228 e. The summed E-state index contributed by atoms with van der Waals surface area (Å²) in [6.07, 6.45) is 3.17. The van der Waals surface area contributed by atoms with Crippen LogP contribution in [0.15, 0.2) is 18.2 Å². The topological polar surface area (TPSA) is 64.9 Å². The van der Waals surface area contributed by atoms with Crippen LogP contribution in [0.5, 0.6) is 0 Å². The lowest BCUT2D eigenvalue weighted by atomic mass is 9.91. The summed E-state index contributed by atoms with van der Waals surface area (Å²) >= 11 is 0. The standard InChI is InChI=1S/C16H19N3O/c1-11-3-2-4-14(12(11)10-17)19-15(20)13-9-16(13)5-7-18-8-6-16/h2-4,13,18H,5-9H2,1H3,(H,19,20). The number of anilines is 1. The number of carbonyl (C=O) groups excluding carboxylic acids is 1. The Bertz CT molecular complexity index is 582. The molecule has 4 nitrogen and oxygen atoms in total. The van der Waals surface area contributed by atoms with Crippen LogP contribution in [0.4, 0.5) is 5.69 Å². The molecule has 104 valence electrons. The predicted octanol–water partition coefficient (Wildman–Crippen LogP) is 2.19. The molecule has 1 aliphatic heterocycles. The Labute approximate surface area is 119 Å². The molecule has 1 heterocycles. The van der Waals surface area contributed by atoms with Crippen molar-refractivity contribution in [3.05, 3.63) is 29.3 Å². The number of nitriles is 1. The van der Waals surface area contributed by atoms with Gasteiger partial charge in [-0.15, -0.1) is 0 Å². The molecule has 4 heteroatoms. The Morgan fingerprint density at radius 2 is 2.20 bits per heavy atom. The molecule has 0 aromatic heterocycles. The molecule has 1 unspecified atom stereocenters. The zero-order chi connectivity index (χ0) is 14.2. The zero-order valence-electron chi connectivity index (χ0n) is 11.7. The fraction of sp³-hybridized carbons (Fsp3) is 0.500. The Morgan fingerprint density at radius 3 is 2.90 bits per heavy atom. The number of hydrogen-bond acceptors (Lipinski definition) is 3. The average Bonchev–Trinajstić information content (AvgIpc) is 3.13. The second-order valence-electron chi connectivity index (χ2n) is 5.97. The molecule has 2 N–H and O–H groups in total. The number of carbonyl (C=O) groups is 1. The molecule has 1 saturated heterocycles.